The van der Waals surface area contributed by atoms with Gasteiger partial charge in [-0.1, -0.05) is 0 Å². The van der Waals surface area contributed by atoms with Crippen molar-refractivity contribution in [1.82, 2.24) is 0 Å². The van der Waals surface area contributed by atoms with Gasteiger partial charge in [-0.05, 0) is 71.5 Å². The molecular formula is C18H19IN2O2. The normalized spacial score (nSPS) is 15.3. The van der Waals surface area contributed by atoms with Gasteiger partial charge in [-0.15, -0.1) is 0 Å². The van der Waals surface area contributed by atoms with Gasteiger partial charge in [0.2, 0.25) is 0 Å². The molecule has 120 valence electrons. The molecule has 0 radical (unpaired) electrons. The highest BCUT2D eigenvalue weighted by Crippen LogP contribution is 2.25. The van der Waals surface area contributed by atoms with Crippen molar-refractivity contribution in [3.63, 3.8) is 0 Å². The Morgan fingerprint density at radius 2 is 1.87 bits per heavy atom. The van der Waals surface area contributed by atoms with Crippen molar-refractivity contribution in [2.24, 2.45) is 4.99 Å². The van der Waals surface area contributed by atoms with Crippen LogP contribution in [0.15, 0.2) is 41.4 Å². The highest BCUT2D eigenvalue weighted by Gasteiger charge is 2.10. The summed E-state index contributed by atoms with van der Waals surface area (Å²) < 4.78 is 6.46. The van der Waals surface area contributed by atoms with Crippen LogP contribution in [0.2, 0.25) is 0 Å². The topological polar surface area (TPSA) is 45.1 Å². The highest BCUT2D eigenvalue weighted by atomic mass is 127. The maximum atomic E-state index is 10.1. The number of hydrogen-bond acceptors (Lipinski definition) is 4. The van der Waals surface area contributed by atoms with Crippen molar-refractivity contribution in [2.75, 3.05) is 31.2 Å². The van der Waals surface area contributed by atoms with Gasteiger partial charge in [0.25, 0.3) is 0 Å². The number of nitrogens with zero attached hydrogens (tertiary/aromatic N) is 2. The molecule has 23 heavy (non-hydrogen) atoms. The Hall–Kier alpha value is -1.60. The molecule has 0 atom stereocenters. The van der Waals surface area contributed by atoms with E-state index in [0.717, 1.165) is 46.7 Å². The molecule has 5 heteroatoms. The molecule has 0 aromatic heterocycles. The van der Waals surface area contributed by atoms with Crippen molar-refractivity contribution < 1.29 is 9.84 Å². The number of benzene rings is 2. The summed E-state index contributed by atoms with van der Waals surface area (Å²) in [6, 6.07) is 12.0. The zero-order valence-corrected chi connectivity index (χ0v) is 15.2. The molecule has 1 N–H and O–H groups in total. The third-order valence-corrected chi connectivity index (χ3v) is 4.50. The number of aromatic hydroxyl groups is 1. The Morgan fingerprint density at radius 1 is 1.17 bits per heavy atom. The number of morpholine rings is 1. The summed E-state index contributed by atoms with van der Waals surface area (Å²) in [5.41, 5.74) is 3.67. The number of aliphatic imine (C=N–C) groups is 1. The van der Waals surface area contributed by atoms with Gasteiger partial charge in [0, 0.05) is 34.1 Å². The minimum Gasteiger partial charge on any atom is -0.507 e. The van der Waals surface area contributed by atoms with E-state index in [4.69, 9.17) is 4.74 Å². The Labute approximate surface area is 149 Å². The molecule has 0 saturated carbocycles. The van der Waals surface area contributed by atoms with E-state index in [0.29, 0.717) is 5.75 Å². The molecule has 1 saturated heterocycles. The number of phenolic OH excluding ortho intramolecular Hbond substituents is 1. The Bertz CT molecular complexity index is 708. The minimum absolute atomic E-state index is 0.291. The molecule has 2 aromatic carbocycles. The zero-order valence-electron chi connectivity index (χ0n) is 13.0. The summed E-state index contributed by atoms with van der Waals surface area (Å²) >= 11 is 2.24. The van der Waals surface area contributed by atoms with Gasteiger partial charge in [-0.3, -0.25) is 4.99 Å². The Balaban J connectivity index is 1.75. The quantitative estimate of drug-likeness (QED) is 0.603. The lowest BCUT2D eigenvalue weighted by atomic mass is 10.1. The van der Waals surface area contributed by atoms with Crippen LogP contribution in [0.1, 0.15) is 11.1 Å². The number of anilines is 1. The van der Waals surface area contributed by atoms with Gasteiger partial charge < -0.3 is 14.7 Å². The molecule has 3 rings (SSSR count). The summed E-state index contributed by atoms with van der Waals surface area (Å²) in [6.07, 6.45) is 1.72. The van der Waals surface area contributed by atoms with Gasteiger partial charge >= 0.3 is 0 Å². The molecule has 2 aromatic rings. The van der Waals surface area contributed by atoms with Gasteiger partial charge in [0.05, 0.1) is 18.9 Å². The van der Waals surface area contributed by atoms with E-state index in [1.165, 1.54) is 5.69 Å². The van der Waals surface area contributed by atoms with E-state index in [2.05, 4.69) is 44.6 Å². The molecule has 1 fully saturated rings. The first kappa shape index (κ1) is 16.3. The van der Waals surface area contributed by atoms with E-state index >= 15 is 0 Å². The van der Waals surface area contributed by atoms with Crippen LogP contribution in [0.25, 0.3) is 0 Å². The lowest BCUT2D eigenvalue weighted by Crippen LogP contribution is -2.36. The third-order valence-electron chi connectivity index (χ3n) is 3.87. The number of rotatable bonds is 3. The molecule has 0 bridgehead atoms. The number of aryl methyl sites for hydroxylation is 1. The molecule has 1 aliphatic rings. The van der Waals surface area contributed by atoms with Gasteiger partial charge in [0.1, 0.15) is 5.75 Å². The number of phenols is 1. The van der Waals surface area contributed by atoms with Crippen LogP contribution in [0.4, 0.5) is 11.4 Å². The molecular weight excluding hydrogens is 403 g/mol. The van der Waals surface area contributed by atoms with Crippen LogP contribution in [0, 0.1) is 10.5 Å². The Kier molecular flexibility index (Phi) is 5.17. The van der Waals surface area contributed by atoms with E-state index in [-0.39, 0.29) is 0 Å². The van der Waals surface area contributed by atoms with E-state index < -0.39 is 0 Å². The van der Waals surface area contributed by atoms with Gasteiger partial charge in [-0.25, -0.2) is 0 Å². The summed E-state index contributed by atoms with van der Waals surface area (Å²) in [5.74, 6) is 0.291. The molecule has 1 aliphatic heterocycles. The highest BCUT2D eigenvalue weighted by molar-refractivity contribution is 14.1. The van der Waals surface area contributed by atoms with Gasteiger partial charge in [0.15, 0.2) is 0 Å². The van der Waals surface area contributed by atoms with Crippen LogP contribution in [-0.4, -0.2) is 37.6 Å². The van der Waals surface area contributed by atoms with Crippen molar-refractivity contribution in [3.8, 4) is 5.75 Å². The van der Waals surface area contributed by atoms with Gasteiger partial charge in [-0.2, -0.15) is 0 Å². The second-order valence-electron chi connectivity index (χ2n) is 5.53. The monoisotopic (exact) mass is 422 g/mol. The van der Waals surface area contributed by atoms with Crippen LogP contribution in [0.3, 0.4) is 0 Å². The number of ether oxygens (including phenoxy) is 1. The van der Waals surface area contributed by atoms with Crippen molar-refractivity contribution in [3.05, 3.63) is 51.1 Å². The fourth-order valence-electron chi connectivity index (χ4n) is 2.57. The zero-order chi connectivity index (χ0) is 16.2. The first-order valence-corrected chi connectivity index (χ1v) is 8.67. The predicted molar refractivity (Wildman–Crippen MR) is 102 cm³/mol. The predicted octanol–water partition coefficient (Wildman–Crippen LogP) is 3.89. The summed E-state index contributed by atoms with van der Waals surface area (Å²) in [5, 5.41) is 10.1. The SMILES string of the molecule is Cc1cc(I)cc(C=Nc2ccc(N3CCOCC3)cc2)c1O. The van der Waals surface area contributed by atoms with Crippen molar-refractivity contribution in [2.45, 2.75) is 6.92 Å². The smallest absolute Gasteiger partial charge is 0.127 e. The largest absolute Gasteiger partial charge is 0.507 e. The molecule has 4 nitrogen and oxygen atoms in total. The average molecular weight is 422 g/mol. The first-order chi connectivity index (χ1) is 11.1. The van der Waals surface area contributed by atoms with Crippen molar-refractivity contribution in [1.29, 1.82) is 0 Å². The molecule has 0 spiro atoms. The van der Waals surface area contributed by atoms with Crippen molar-refractivity contribution >= 4 is 40.2 Å². The van der Waals surface area contributed by atoms with Crippen LogP contribution >= 0.6 is 22.6 Å². The maximum Gasteiger partial charge on any atom is 0.127 e. The van der Waals surface area contributed by atoms with E-state index in [1.54, 1.807) is 6.21 Å². The van der Waals surface area contributed by atoms with Crippen LogP contribution in [0.5, 0.6) is 5.75 Å². The van der Waals surface area contributed by atoms with E-state index in [9.17, 15) is 5.11 Å². The second kappa shape index (κ2) is 7.31. The molecule has 1 heterocycles. The maximum absolute atomic E-state index is 10.1. The molecule has 0 amide bonds. The average Bonchev–Trinajstić information content (AvgIpc) is 2.58. The standard InChI is InChI=1S/C18H19IN2O2/c1-13-10-15(19)11-14(18(13)22)12-20-16-2-4-17(5-3-16)21-6-8-23-9-7-21/h2-5,10-12,22H,6-9H2,1H3. The summed E-state index contributed by atoms with van der Waals surface area (Å²) in [4.78, 5) is 6.79. The number of halogens is 1. The fraction of sp³-hybridized carbons (Fsp3) is 0.278. The van der Waals surface area contributed by atoms with Crippen LogP contribution < -0.4 is 4.90 Å². The lowest BCUT2D eigenvalue weighted by Gasteiger charge is -2.28. The minimum atomic E-state index is 0.291. The van der Waals surface area contributed by atoms with Crippen LogP contribution in [-0.2, 0) is 4.74 Å². The molecule has 0 unspecified atom stereocenters. The van der Waals surface area contributed by atoms with E-state index in [1.807, 2.05) is 31.2 Å². The first-order valence-electron chi connectivity index (χ1n) is 7.59. The Morgan fingerprint density at radius 3 is 2.57 bits per heavy atom. The number of hydrogen-bond donors (Lipinski definition) is 1. The fourth-order valence-corrected chi connectivity index (χ4v) is 3.38. The second-order valence-corrected chi connectivity index (χ2v) is 6.78. The third kappa shape index (κ3) is 4.03. The lowest BCUT2D eigenvalue weighted by molar-refractivity contribution is 0.122. The summed E-state index contributed by atoms with van der Waals surface area (Å²) in [7, 11) is 0. The molecule has 0 aliphatic carbocycles. The summed E-state index contributed by atoms with van der Waals surface area (Å²) in [6.45, 7) is 5.32.